The number of rotatable bonds is 1. The topological polar surface area (TPSA) is 15.6 Å². The molecule has 1 unspecified atom stereocenters. The predicted molar refractivity (Wildman–Crippen MR) is 69.3 cm³/mol. The quantitative estimate of drug-likeness (QED) is 0.703. The Hall–Kier alpha value is -1.99. The van der Waals surface area contributed by atoms with Crippen molar-refractivity contribution in [3.05, 3.63) is 47.0 Å². The number of hydrogen-bond donors (Lipinski definition) is 0. The number of hydrogen-bond acceptors (Lipinski definition) is 2. The number of benzene rings is 1. The molecular formula is C14H12F6N2. The van der Waals surface area contributed by atoms with Gasteiger partial charge in [0.1, 0.15) is 0 Å². The van der Waals surface area contributed by atoms with E-state index in [0.29, 0.717) is 6.07 Å². The van der Waals surface area contributed by atoms with Gasteiger partial charge in [0.25, 0.3) is 0 Å². The van der Waals surface area contributed by atoms with E-state index in [1.54, 1.807) is 20.0 Å². The van der Waals surface area contributed by atoms with Gasteiger partial charge in [-0.3, -0.25) is 5.01 Å². The molecule has 1 aromatic rings. The molecule has 0 aromatic heterocycles. The minimum Gasteiger partial charge on any atom is -0.293 e. The molecule has 0 N–H and O–H groups in total. The fraction of sp³-hybridized carbons (Fsp3) is 0.357. The Morgan fingerprint density at radius 1 is 1.05 bits per heavy atom. The minimum atomic E-state index is -4.91. The van der Waals surface area contributed by atoms with Crippen molar-refractivity contribution in [1.29, 1.82) is 0 Å². The lowest BCUT2D eigenvalue weighted by Gasteiger charge is -2.25. The van der Waals surface area contributed by atoms with Crippen LogP contribution in [0.5, 0.6) is 0 Å². The highest BCUT2D eigenvalue weighted by atomic mass is 19.4. The van der Waals surface area contributed by atoms with Gasteiger partial charge in [0.15, 0.2) is 0 Å². The van der Waals surface area contributed by atoms with Crippen LogP contribution in [0, 0.1) is 0 Å². The van der Waals surface area contributed by atoms with Crippen LogP contribution < -0.4 is 0 Å². The molecule has 0 amide bonds. The predicted octanol–water partition coefficient (Wildman–Crippen LogP) is 4.32. The Kier molecular flexibility index (Phi) is 3.97. The van der Waals surface area contributed by atoms with Crippen molar-refractivity contribution >= 4 is 5.71 Å². The average molecular weight is 322 g/mol. The number of nitrogens with zero attached hydrogens (tertiary/aromatic N) is 2. The van der Waals surface area contributed by atoms with Crippen LogP contribution in [0.4, 0.5) is 26.3 Å². The molecule has 0 spiro atoms. The number of halogens is 6. The van der Waals surface area contributed by atoms with Crippen LogP contribution >= 0.6 is 0 Å². The number of likely N-dealkylation sites (N-methyl/N-ethyl adjacent to an activating group) is 1. The molecule has 0 fully saturated rings. The Morgan fingerprint density at radius 3 is 2.18 bits per heavy atom. The first-order valence-electron chi connectivity index (χ1n) is 6.28. The van der Waals surface area contributed by atoms with Gasteiger partial charge in [-0.1, -0.05) is 12.1 Å². The number of allylic oxidation sites excluding steroid dienone is 1. The first-order chi connectivity index (χ1) is 10.00. The molecule has 1 atom stereocenters. The van der Waals surface area contributed by atoms with Gasteiger partial charge in [-0.2, -0.15) is 31.4 Å². The zero-order valence-electron chi connectivity index (χ0n) is 11.6. The van der Waals surface area contributed by atoms with Crippen molar-refractivity contribution in [3.63, 3.8) is 0 Å². The van der Waals surface area contributed by atoms with E-state index in [2.05, 4.69) is 5.10 Å². The fourth-order valence-electron chi connectivity index (χ4n) is 1.97. The standard InChI is InChI=1S/C14H12F6N2/c1-8-3-6-12(21-22(8)2)10-5-4-9(13(15,16)17)7-11(10)14(18,19)20/h3-8H,1-2H3. The van der Waals surface area contributed by atoms with Gasteiger partial charge in [0.2, 0.25) is 0 Å². The molecule has 1 aliphatic rings. The molecule has 0 aliphatic carbocycles. The SMILES string of the molecule is CC1C=CC(c2ccc(C(F)(F)F)cc2C(F)(F)F)=NN1C. The highest BCUT2D eigenvalue weighted by Crippen LogP contribution is 2.37. The summed E-state index contributed by atoms with van der Waals surface area (Å²) >= 11 is 0. The second kappa shape index (κ2) is 5.33. The molecule has 22 heavy (non-hydrogen) atoms. The van der Waals surface area contributed by atoms with Crippen LogP contribution in [0.2, 0.25) is 0 Å². The van der Waals surface area contributed by atoms with Crippen LogP contribution in [0.3, 0.4) is 0 Å². The molecule has 2 rings (SSSR count). The van der Waals surface area contributed by atoms with Gasteiger partial charge >= 0.3 is 12.4 Å². The third kappa shape index (κ3) is 3.26. The molecule has 0 saturated heterocycles. The van der Waals surface area contributed by atoms with Gasteiger partial charge in [0, 0.05) is 12.6 Å². The summed E-state index contributed by atoms with van der Waals surface area (Å²) in [6.45, 7) is 1.79. The molecule has 0 radical (unpaired) electrons. The lowest BCUT2D eigenvalue weighted by atomic mass is 9.98. The van der Waals surface area contributed by atoms with Crippen molar-refractivity contribution in [1.82, 2.24) is 5.01 Å². The molecule has 0 bridgehead atoms. The summed E-state index contributed by atoms with van der Waals surface area (Å²) in [7, 11) is 1.57. The minimum absolute atomic E-state index is 0.0263. The Balaban J connectivity index is 2.58. The molecule has 0 saturated carbocycles. The molecule has 8 heteroatoms. The van der Waals surface area contributed by atoms with Crippen molar-refractivity contribution in [3.8, 4) is 0 Å². The first kappa shape index (κ1) is 16.4. The second-order valence-corrected chi connectivity index (χ2v) is 4.91. The molecular weight excluding hydrogens is 310 g/mol. The van der Waals surface area contributed by atoms with E-state index in [9.17, 15) is 26.3 Å². The lowest BCUT2D eigenvalue weighted by Crippen LogP contribution is -2.28. The molecule has 1 aliphatic heterocycles. The van der Waals surface area contributed by atoms with Gasteiger partial charge < -0.3 is 0 Å². The van der Waals surface area contributed by atoms with E-state index in [1.807, 2.05) is 0 Å². The zero-order chi connectivity index (χ0) is 16.7. The third-order valence-corrected chi connectivity index (χ3v) is 3.32. The van der Waals surface area contributed by atoms with Crippen LogP contribution in [-0.2, 0) is 12.4 Å². The van der Waals surface area contributed by atoms with Crippen molar-refractivity contribution < 1.29 is 26.3 Å². The summed E-state index contributed by atoms with van der Waals surface area (Å²) in [5.74, 6) is 0. The summed E-state index contributed by atoms with van der Waals surface area (Å²) < 4.78 is 77.1. The lowest BCUT2D eigenvalue weighted by molar-refractivity contribution is -0.143. The average Bonchev–Trinajstić information content (AvgIpc) is 2.39. The summed E-state index contributed by atoms with van der Waals surface area (Å²) in [4.78, 5) is 0. The molecule has 1 heterocycles. The maximum atomic E-state index is 13.1. The van der Waals surface area contributed by atoms with Gasteiger partial charge in [0.05, 0.1) is 22.9 Å². The zero-order valence-corrected chi connectivity index (χ0v) is 11.6. The fourth-order valence-corrected chi connectivity index (χ4v) is 1.97. The van der Waals surface area contributed by atoms with Gasteiger partial charge in [-0.25, -0.2) is 0 Å². The molecule has 120 valence electrons. The Bertz CT molecular complexity index is 627. The van der Waals surface area contributed by atoms with Crippen molar-refractivity contribution in [2.75, 3.05) is 7.05 Å². The Labute approximate surface area is 122 Å². The first-order valence-corrected chi connectivity index (χ1v) is 6.28. The maximum absolute atomic E-state index is 13.1. The van der Waals surface area contributed by atoms with E-state index < -0.39 is 23.5 Å². The maximum Gasteiger partial charge on any atom is 0.417 e. The van der Waals surface area contributed by atoms with Crippen molar-refractivity contribution in [2.45, 2.75) is 25.3 Å². The van der Waals surface area contributed by atoms with Crippen LogP contribution in [0.25, 0.3) is 0 Å². The van der Waals surface area contributed by atoms with E-state index in [4.69, 9.17) is 0 Å². The summed E-state index contributed by atoms with van der Waals surface area (Å²) in [6.07, 6.45) is -6.74. The van der Waals surface area contributed by atoms with E-state index >= 15 is 0 Å². The van der Waals surface area contributed by atoms with E-state index in [-0.39, 0.29) is 23.4 Å². The molecule has 1 aromatic carbocycles. The highest BCUT2D eigenvalue weighted by molar-refractivity contribution is 6.10. The second-order valence-electron chi connectivity index (χ2n) is 4.91. The van der Waals surface area contributed by atoms with Crippen LogP contribution in [0.1, 0.15) is 23.6 Å². The monoisotopic (exact) mass is 322 g/mol. The van der Waals surface area contributed by atoms with Crippen LogP contribution in [-0.4, -0.2) is 23.8 Å². The summed E-state index contributed by atoms with van der Waals surface area (Å²) in [6, 6.07) is 1.44. The highest BCUT2D eigenvalue weighted by Gasteiger charge is 2.39. The summed E-state index contributed by atoms with van der Waals surface area (Å²) in [5, 5.41) is 5.42. The largest absolute Gasteiger partial charge is 0.417 e. The van der Waals surface area contributed by atoms with E-state index in [0.717, 1.165) is 6.07 Å². The Morgan fingerprint density at radius 2 is 1.68 bits per heavy atom. The molecule has 2 nitrogen and oxygen atoms in total. The van der Waals surface area contributed by atoms with E-state index in [1.165, 1.54) is 11.1 Å². The number of hydrazone groups is 1. The van der Waals surface area contributed by atoms with Gasteiger partial charge in [-0.05, 0) is 25.1 Å². The van der Waals surface area contributed by atoms with Crippen LogP contribution in [0.15, 0.2) is 35.5 Å². The summed E-state index contributed by atoms with van der Waals surface area (Å²) in [5.41, 5.74) is -3.10. The third-order valence-electron chi connectivity index (χ3n) is 3.32. The van der Waals surface area contributed by atoms with Gasteiger partial charge in [-0.15, -0.1) is 0 Å². The van der Waals surface area contributed by atoms with Crippen molar-refractivity contribution in [2.24, 2.45) is 5.10 Å². The number of alkyl halides is 6. The smallest absolute Gasteiger partial charge is 0.293 e. The normalized spacial score (nSPS) is 19.4.